The van der Waals surface area contributed by atoms with E-state index in [-0.39, 0.29) is 0 Å². The molecule has 0 bridgehead atoms. The van der Waals surface area contributed by atoms with Crippen molar-refractivity contribution < 1.29 is 0 Å². The molecule has 2 fully saturated rings. The summed E-state index contributed by atoms with van der Waals surface area (Å²) in [6.45, 7) is 5.08. The van der Waals surface area contributed by atoms with E-state index in [0.29, 0.717) is 12.6 Å². The first kappa shape index (κ1) is 11.9. The number of rotatable bonds is 5. The summed E-state index contributed by atoms with van der Waals surface area (Å²) in [5.74, 6) is 0.960. The van der Waals surface area contributed by atoms with Gasteiger partial charge in [-0.25, -0.2) is 0 Å². The van der Waals surface area contributed by atoms with Gasteiger partial charge < -0.3 is 5.32 Å². The largest absolute Gasteiger partial charge is 0.311 e. The fourth-order valence-electron chi connectivity index (χ4n) is 2.75. The lowest BCUT2D eigenvalue weighted by atomic mass is 10.0. The minimum absolute atomic E-state index is 0.604. The maximum Gasteiger partial charge on any atom is 0.0866 e. The van der Waals surface area contributed by atoms with E-state index in [1.807, 2.05) is 0 Å². The van der Waals surface area contributed by atoms with Crippen molar-refractivity contribution in [3.8, 4) is 6.07 Å². The molecule has 1 aliphatic heterocycles. The van der Waals surface area contributed by atoms with Crippen LogP contribution in [-0.2, 0) is 0 Å². The first-order valence-corrected chi connectivity index (χ1v) is 6.68. The fourth-order valence-corrected chi connectivity index (χ4v) is 2.75. The van der Waals surface area contributed by atoms with Crippen LogP contribution in [0.15, 0.2) is 0 Å². The molecule has 0 aromatic carbocycles. The number of nitrogens with zero attached hydrogens (tertiary/aromatic N) is 2. The van der Waals surface area contributed by atoms with Gasteiger partial charge in [0.2, 0.25) is 0 Å². The summed E-state index contributed by atoms with van der Waals surface area (Å²) < 4.78 is 0. The minimum Gasteiger partial charge on any atom is -0.311 e. The van der Waals surface area contributed by atoms with Gasteiger partial charge in [-0.2, -0.15) is 5.26 Å². The van der Waals surface area contributed by atoms with E-state index in [0.717, 1.165) is 25.0 Å². The normalized spacial score (nSPS) is 25.2. The lowest BCUT2D eigenvalue weighted by molar-refractivity contribution is 0.204. The third-order valence-electron chi connectivity index (χ3n) is 3.96. The molecule has 1 aliphatic carbocycles. The number of nitriles is 1. The minimum atomic E-state index is 0.604. The summed E-state index contributed by atoms with van der Waals surface area (Å²) in [6.07, 6.45) is 6.55. The van der Waals surface area contributed by atoms with Crippen LogP contribution in [0.2, 0.25) is 0 Å². The van der Waals surface area contributed by atoms with Gasteiger partial charge >= 0.3 is 0 Å². The molecule has 2 aliphatic rings. The van der Waals surface area contributed by atoms with Crippen molar-refractivity contribution in [1.82, 2.24) is 10.2 Å². The number of hydrogen-bond donors (Lipinski definition) is 1. The van der Waals surface area contributed by atoms with Gasteiger partial charge in [-0.05, 0) is 38.0 Å². The highest BCUT2D eigenvalue weighted by Crippen LogP contribution is 2.34. The quantitative estimate of drug-likeness (QED) is 0.719. The Kier molecular flexibility index (Phi) is 4.20. The van der Waals surface area contributed by atoms with Crippen molar-refractivity contribution >= 4 is 0 Å². The Morgan fingerprint density at radius 1 is 1.31 bits per heavy atom. The molecular formula is C13H23N3. The molecule has 2 rings (SSSR count). The van der Waals surface area contributed by atoms with Crippen LogP contribution in [0.4, 0.5) is 0 Å². The van der Waals surface area contributed by atoms with Crippen LogP contribution in [0.3, 0.4) is 0 Å². The maximum atomic E-state index is 8.64. The lowest BCUT2D eigenvalue weighted by Gasteiger charge is -2.33. The second kappa shape index (κ2) is 5.65. The van der Waals surface area contributed by atoms with Crippen molar-refractivity contribution in [2.45, 2.75) is 51.1 Å². The van der Waals surface area contributed by atoms with E-state index in [1.54, 1.807) is 0 Å². The molecule has 3 nitrogen and oxygen atoms in total. The molecule has 1 saturated carbocycles. The predicted octanol–water partition coefficient (Wildman–Crippen LogP) is 1.75. The Balaban J connectivity index is 1.70. The fraction of sp³-hybridized carbons (Fsp3) is 0.923. The highest BCUT2D eigenvalue weighted by atomic mass is 15.1. The van der Waals surface area contributed by atoms with Gasteiger partial charge in [0.25, 0.3) is 0 Å². The molecule has 0 aromatic rings. The molecule has 0 radical (unpaired) electrons. The molecule has 0 spiro atoms. The van der Waals surface area contributed by atoms with Crippen molar-refractivity contribution in [3.63, 3.8) is 0 Å². The number of piperidine rings is 1. The Labute approximate surface area is 98.8 Å². The third kappa shape index (κ3) is 3.20. The Morgan fingerprint density at radius 3 is 2.50 bits per heavy atom. The Morgan fingerprint density at radius 2 is 2.00 bits per heavy atom. The van der Waals surface area contributed by atoms with Crippen LogP contribution < -0.4 is 5.32 Å². The van der Waals surface area contributed by atoms with Crippen LogP contribution in [-0.4, -0.2) is 36.6 Å². The zero-order valence-corrected chi connectivity index (χ0v) is 10.3. The molecule has 0 amide bonds. The number of nitrogens with one attached hydrogen (secondary N) is 1. The highest BCUT2D eigenvalue weighted by Gasteiger charge is 2.31. The molecule has 3 heteroatoms. The van der Waals surface area contributed by atoms with E-state index in [4.69, 9.17) is 5.26 Å². The Hall–Kier alpha value is -0.590. The van der Waals surface area contributed by atoms with E-state index in [1.165, 1.54) is 32.1 Å². The predicted molar refractivity (Wildman–Crippen MR) is 65.0 cm³/mol. The van der Waals surface area contributed by atoms with Crippen molar-refractivity contribution in [2.24, 2.45) is 5.92 Å². The first-order valence-electron chi connectivity index (χ1n) is 6.68. The van der Waals surface area contributed by atoms with Gasteiger partial charge in [0.05, 0.1) is 12.6 Å². The topological polar surface area (TPSA) is 39.1 Å². The second-order valence-corrected chi connectivity index (χ2v) is 5.23. The van der Waals surface area contributed by atoms with E-state index < -0.39 is 0 Å². The first-order chi connectivity index (χ1) is 7.83. The van der Waals surface area contributed by atoms with Gasteiger partial charge in [0, 0.05) is 25.2 Å². The molecule has 16 heavy (non-hydrogen) atoms. The lowest BCUT2D eigenvalue weighted by Crippen LogP contribution is -2.46. The monoisotopic (exact) mass is 221 g/mol. The smallest absolute Gasteiger partial charge is 0.0866 e. The van der Waals surface area contributed by atoms with Gasteiger partial charge in [0.15, 0.2) is 0 Å². The SMILES string of the molecule is CCC(NC1CCN(CC#N)CC1)C1CC1. The van der Waals surface area contributed by atoms with Gasteiger partial charge in [-0.3, -0.25) is 4.90 Å². The molecule has 90 valence electrons. The molecule has 1 heterocycles. The van der Waals surface area contributed by atoms with Crippen LogP contribution in [0, 0.1) is 17.2 Å². The third-order valence-corrected chi connectivity index (χ3v) is 3.96. The Bertz CT molecular complexity index is 246. The summed E-state index contributed by atoms with van der Waals surface area (Å²) in [4.78, 5) is 2.26. The summed E-state index contributed by atoms with van der Waals surface area (Å²) in [6, 6.07) is 3.69. The summed E-state index contributed by atoms with van der Waals surface area (Å²) in [5, 5.41) is 12.5. The van der Waals surface area contributed by atoms with Crippen LogP contribution >= 0.6 is 0 Å². The molecule has 1 atom stereocenters. The zero-order valence-electron chi connectivity index (χ0n) is 10.3. The zero-order chi connectivity index (χ0) is 11.4. The highest BCUT2D eigenvalue weighted by molar-refractivity contribution is 4.90. The van der Waals surface area contributed by atoms with Gasteiger partial charge in [-0.15, -0.1) is 0 Å². The second-order valence-electron chi connectivity index (χ2n) is 5.23. The van der Waals surface area contributed by atoms with Crippen molar-refractivity contribution in [3.05, 3.63) is 0 Å². The summed E-state index contributed by atoms with van der Waals surface area (Å²) in [7, 11) is 0. The van der Waals surface area contributed by atoms with Gasteiger partial charge in [0.1, 0.15) is 0 Å². The molecular weight excluding hydrogens is 198 g/mol. The maximum absolute atomic E-state index is 8.64. The number of likely N-dealkylation sites (tertiary alicyclic amines) is 1. The standard InChI is InChI=1S/C13H23N3/c1-2-13(11-3-4-11)15-12-5-8-16(9-6-12)10-7-14/h11-13,15H,2-6,8-10H2,1H3. The summed E-state index contributed by atoms with van der Waals surface area (Å²) >= 11 is 0. The average Bonchev–Trinajstić information content (AvgIpc) is 3.12. The number of hydrogen-bond acceptors (Lipinski definition) is 3. The molecule has 1 saturated heterocycles. The van der Waals surface area contributed by atoms with Crippen LogP contribution in [0.1, 0.15) is 39.0 Å². The average molecular weight is 221 g/mol. The van der Waals surface area contributed by atoms with E-state index in [9.17, 15) is 0 Å². The molecule has 1 N–H and O–H groups in total. The van der Waals surface area contributed by atoms with Crippen molar-refractivity contribution in [2.75, 3.05) is 19.6 Å². The van der Waals surface area contributed by atoms with Gasteiger partial charge in [-0.1, -0.05) is 6.92 Å². The van der Waals surface area contributed by atoms with E-state index >= 15 is 0 Å². The van der Waals surface area contributed by atoms with Crippen LogP contribution in [0.25, 0.3) is 0 Å². The summed E-state index contributed by atoms with van der Waals surface area (Å²) in [5.41, 5.74) is 0. The van der Waals surface area contributed by atoms with Crippen molar-refractivity contribution in [1.29, 1.82) is 5.26 Å². The molecule has 1 unspecified atom stereocenters. The molecule has 0 aromatic heterocycles. The van der Waals surface area contributed by atoms with Crippen LogP contribution in [0.5, 0.6) is 0 Å². The van der Waals surface area contributed by atoms with E-state index in [2.05, 4.69) is 23.2 Å².